The molecule has 2 N–H and O–H groups in total. The Kier molecular flexibility index (Phi) is 8.01. The molecule has 1 saturated carbocycles. The fourth-order valence-electron chi connectivity index (χ4n) is 6.37. The summed E-state index contributed by atoms with van der Waals surface area (Å²) in [5, 5.41) is 10.9. The quantitative estimate of drug-likeness (QED) is 0.211. The monoisotopic (exact) mass is 658 g/mol. The number of pyridine rings is 1. The number of nitrogens with zero attached hydrogens (tertiary/aromatic N) is 6. The standard InChI is InChI=1S/C37H38N8O4/c1-37(2)21-44(20-24-8-6-11-29(39-24)36(48)43(3)4)35(47)26-15-14-23(18-27(26)37)25-9-7-10-28(32(25)49-5)40-30-19-31(41-34(46)22-12-13-22)42-45-17-16-38-33(30)45/h6-11,14-19,22,40H,12-13,20-21H2,1-5H3,(H,41,42,46). The number of benzene rings is 2. The third-order valence-electron chi connectivity index (χ3n) is 9.00. The van der Waals surface area contributed by atoms with Crippen LogP contribution in [0.5, 0.6) is 5.75 Å². The number of imidazole rings is 1. The van der Waals surface area contributed by atoms with E-state index >= 15 is 0 Å². The first-order chi connectivity index (χ1) is 23.5. The Labute approximate surface area is 284 Å². The molecule has 3 amide bonds. The van der Waals surface area contributed by atoms with Crippen LogP contribution in [0.25, 0.3) is 16.8 Å². The minimum Gasteiger partial charge on any atom is -0.494 e. The van der Waals surface area contributed by atoms with Gasteiger partial charge in [-0.15, -0.1) is 5.10 Å². The van der Waals surface area contributed by atoms with Crippen molar-refractivity contribution in [2.24, 2.45) is 5.92 Å². The Morgan fingerprint density at radius 2 is 1.82 bits per heavy atom. The van der Waals surface area contributed by atoms with Crippen LogP contribution in [0.3, 0.4) is 0 Å². The Morgan fingerprint density at radius 3 is 2.57 bits per heavy atom. The van der Waals surface area contributed by atoms with Crippen LogP contribution >= 0.6 is 0 Å². The van der Waals surface area contributed by atoms with Gasteiger partial charge < -0.3 is 25.2 Å². The molecule has 7 rings (SSSR count). The number of methoxy groups -OCH3 is 1. The minimum atomic E-state index is -0.371. The van der Waals surface area contributed by atoms with Gasteiger partial charge in [-0.3, -0.25) is 14.4 Å². The van der Waals surface area contributed by atoms with Crippen molar-refractivity contribution >= 4 is 40.6 Å². The van der Waals surface area contributed by atoms with Crippen LogP contribution < -0.4 is 15.4 Å². The van der Waals surface area contributed by atoms with E-state index in [0.29, 0.717) is 58.6 Å². The molecule has 2 aromatic carbocycles. The van der Waals surface area contributed by atoms with Crippen LogP contribution in [0.2, 0.25) is 0 Å². The zero-order valence-electron chi connectivity index (χ0n) is 28.2. The average molecular weight is 659 g/mol. The lowest BCUT2D eigenvalue weighted by Crippen LogP contribution is -2.46. The molecule has 1 fully saturated rings. The molecule has 0 spiro atoms. The highest BCUT2D eigenvalue weighted by Gasteiger charge is 2.37. The molecule has 1 aliphatic carbocycles. The summed E-state index contributed by atoms with van der Waals surface area (Å²) in [6, 6.07) is 18.9. The van der Waals surface area contributed by atoms with E-state index < -0.39 is 0 Å². The summed E-state index contributed by atoms with van der Waals surface area (Å²) < 4.78 is 7.62. The van der Waals surface area contributed by atoms with Gasteiger partial charge in [0.2, 0.25) is 5.91 Å². The second-order valence-corrected chi connectivity index (χ2v) is 13.4. The second-order valence-electron chi connectivity index (χ2n) is 13.4. The number of fused-ring (bicyclic) bond motifs is 2. The predicted molar refractivity (Wildman–Crippen MR) is 186 cm³/mol. The number of rotatable bonds is 9. The van der Waals surface area contributed by atoms with E-state index in [-0.39, 0.29) is 29.1 Å². The molecule has 2 aliphatic rings. The smallest absolute Gasteiger partial charge is 0.271 e. The third kappa shape index (κ3) is 6.17. The van der Waals surface area contributed by atoms with E-state index in [2.05, 4.69) is 45.6 Å². The lowest BCUT2D eigenvalue weighted by molar-refractivity contribution is -0.117. The molecule has 12 nitrogen and oxygen atoms in total. The van der Waals surface area contributed by atoms with Gasteiger partial charge in [0.05, 0.1) is 30.7 Å². The van der Waals surface area contributed by atoms with E-state index in [1.165, 1.54) is 4.90 Å². The van der Waals surface area contributed by atoms with E-state index in [9.17, 15) is 14.4 Å². The minimum absolute atomic E-state index is 0.0307. The molecule has 0 atom stereocenters. The van der Waals surface area contributed by atoms with Crippen LogP contribution in [0, 0.1) is 5.92 Å². The molecule has 3 aromatic heterocycles. The summed E-state index contributed by atoms with van der Waals surface area (Å²) in [6.45, 7) is 5.03. The van der Waals surface area contributed by atoms with Crippen molar-refractivity contribution in [1.29, 1.82) is 0 Å². The maximum atomic E-state index is 13.8. The fraction of sp³-hybridized carbons (Fsp3) is 0.297. The summed E-state index contributed by atoms with van der Waals surface area (Å²) in [5.74, 6) is 0.797. The van der Waals surface area contributed by atoms with Crippen molar-refractivity contribution in [3.8, 4) is 16.9 Å². The SMILES string of the molecule is COc1c(Nc2cc(NC(=O)C3CC3)nn3ccnc23)cccc1-c1ccc2c(c1)C(C)(C)CN(Cc1cccc(C(=O)N(C)C)n1)C2=O. The van der Waals surface area contributed by atoms with Gasteiger partial charge >= 0.3 is 0 Å². The first kappa shape index (κ1) is 31.8. The first-order valence-corrected chi connectivity index (χ1v) is 16.2. The number of aromatic nitrogens is 4. The van der Waals surface area contributed by atoms with Crippen LogP contribution in [0.15, 0.2) is 73.1 Å². The summed E-state index contributed by atoms with van der Waals surface area (Å²) in [6.07, 6.45) is 5.18. The predicted octanol–water partition coefficient (Wildman–Crippen LogP) is 5.53. The number of anilines is 3. The molecule has 4 heterocycles. The van der Waals surface area contributed by atoms with Crippen molar-refractivity contribution in [3.05, 3.63) is 95.6 Å². The molecular formula is C37H38N8O4. The van der Waals surface area contributed by atoms with Crippen LogP contribution in [0.4, 0.5) is 17.2 Å². The number of carbonyl (C=O) groups is 3. The van der Waals surface area contributed by atoms with Crippen molar-refractivity contribution in [3.63, 3.8) is 0 Å². The van der Waals surface area contributed by atoms with Gasteiger partial charge in [0.25, 0.3) is 11.8 Å². The zero-order valence-corrected chi connectivity index (χ0v) is 28.2. The number of para-hydroxylation sites is 1. The van der Waals surface area contributed by atoms with E-state index in [1.807, 2.05) is 36.4 Å². The van der Waals surface area contributed by atoms with E-state index in [1.54, 1.807) is 61.2 Å². The van der Waals surface area contributed by atoms with Gasteiger partial charge in [0, 0.05) is 61.6 Å². The summed E-state index contributed by atoms with van der Waals surface area (Å²) in [4.78, 5) is 51.1. The number of ether oxygens (including phenoxy) is 1. The first-order valence-electron chi connectivity index (χ1n) is 16.2. The third-order valence-corrected chi connectivity index (χ3v) is 9.00. The molecule has 12 heteroatoms. The number of carbonyl (C=O) groups excluding carboxylic acids is 3. The maximum Gasteiger partial charge on any atom is 0.271 e. The Morgan fingerprint density at radius 1 is 1.02 bits per heavy atom. The Bertz CT molecular complexity index is 2120. The normalized spacial score (nSPS) is 15.1. The molecule has 250 valence electrons. The molecule has 5 aromatic rings. The van der Waals surface area contributed by atoms with Crippen molar-refractivity contribution in [2.75, 3.05) is 38.4 Å². The van der Waals surface area contributed by atoms with E-state index in [4.69, 9.17) is 4.74 Å². The van der Waals surface area contributed by atoms with E-state index in [0.717, 1.165) is 29.5 Å². The van der Waals surface area contributed by atoms with Gasteiger partial charge in [0.15, 0.2) is 11.5 Å². The lowest BCUT2D eigenvalue weighted by Gasteiger charge is -2.39. The molecular weight excluding hydrogens is 620 g/mol. The molecule has 0 radical (unpaired) electrons. The molecule has 1 aliphatic heterocycles. The van der Waals surface area contributed by atoms with Crippen molar-refractivity contribution < 1.29 is 19.1 Å². The Balaban J connectivity index is 1.18. The molecule has 49 heavy (non-hydrogen) atoms. The molecule has 0 bridgehead atoms. The zero-order chi connectivity index (χ0) is 34.4. The van der Waals surface area contributed by atoms with Gasteiger partial charge in [-0.25, -0.2) is 14.5 Å². The average Bonchev–Trinajstić information content (AvgIpc) is 3.84. The van der Waals surface area contributed by atoms with Crippen LogP contribution in [0.1, 0.15) is 58.8 Å². The summed E-state index contributed by atoms with van der Waals surface area (Å²) in [7, 11) is 5.00. The topological polar surface area (TPSA) is 134 Å². The molecule has 0 saturated heterocycles. The molecule has 0 unspecified atom stereocenters. The number of nitrogens with one attached hydrogen (secondary N) is 2. The fourth-order valence-corrected chi connectivity index (χ4v) is 6.37. The second kappa shape index (κ2) is 12.3. The summed E-state index contributed by atoms with van der Waals surface area (Å²) >= 11 is 0. The highest BCUT2D eigenvalue weighted by molar-refractivity contribution is 5.99. The van der Waals surface area contributed by atoms with Gasteiger partial charge in [0.1, 0.15) is 11.4 Å². The van der Waals surface area contributed by atoms with Gasteiger partial charge in [-0.1, -0.05) is 38.1 Å². The Hall–Kier alpha value is -5.78. The largest absolute Gasteiger partial charge is 0.494 e. The van der Waals surface area contributed by atoms with Crippen LogP contribution in [-0.4, -0.2) is 74.9 Å². The van der Waals surface area contributed by atoms with Crippen molar-refractivity contribution in [2.45, 2.75) is 38.6 Å². The number of hydrogen-bond acceptors (Lipinski definition) is 8. The lowest BCUT2D eigenvalue weighted by atomic mass is 9.77. The maximum absolute atomic E-state index is 13.8. The van der Waals surface area contributed by atoms with Gasteiger partial charge in [-0.2, -0.15) is 0 Å². The van der Waals surface area contributed by atoms with Crippen LogP contribution in [-0.2, 0) is 16.8 Å². The highest BCUT2D eigenvalue weighted by Crippen LogP contribution is 2.42. The highest BCUT2D eigenvalue weighted by atomic mass is 16.5. The van der Waals surface area contributed by atoms with Crippen molar-refractivity contribution in [1.82, 2.24) is 29.4 Å². The number of hydrogen-bond donors (Lipinski definition) is 2. The van der Waals surface area contributed by atoms with Gasteiger partial charge in [-0.05, 0) is 54.3 Å². The number of amides is 3. The summed E-state index contributed by atoms with van der Waals surface area (Å²) in [5.41, 5.74) is 5.93.